The number of carbonyl (C=O) groups is 3. The van der Waals surface area contributed by atoms with Crippen molar-refractivity contribution in [3.05, 3.63) is 39.9 Å². The summed E-state index contributed by atoms with van der Waals surface area (Å²) < 4.78 is 4.66. The van der Waals surface area contributed by atoms with Crippen molar-refractivity contribution in [2.24, 2.45) is 5.73 Å². The summed E-state index contributed by atoms with van der Waals surface area (Å²) in [6, 6.07) is 4.49. The third-order valence-corrected chi connectivity index (χ3v) is 5.46. The van der Waals surface area contributed by atoms with Crippen LogP contribution in [0.15, 0.2) is 24.3 Å². The second-order valence-corrected chi connectivity index (χ2v) is 8.58. The van der Waals surface area contributed by atoms with Crippen LogP contribution in [0.5, 0.6) is 0 Å². The number of esters is 1. The van der Waals surface area contributed by atoms with Crippen LogP contribution >= 0.6 is 0 Å². The molecule has 1 rings (SSSR count). The Labute approximate surface area is 200 Å². The van der Waals surface area contributed by atoms with Gasteiger partial charge in [-0.25, -0.2) is 0 Å². The molecule has 0 saturated carbocycles. The predicted molar refractivity (Wildman–Crippen MR) is 128 cm³/mol. The molecule has 0 aliphatic heterocycles. The maximum absolute atomic E-state index is 12.6. The van der Waals surface area contributed by atoms with Crippen molar-refractivity contribution in [2.75, 3.05) is 20.2 Å². The Morgan fingerprint density at radius 3 is 2.32 bits per heavy atom. The van der Waals surface area contributed by atoms with Crippen molar-refractivity contribution >= 4 is 23.5 Å². The van der Waals surface area contributed by atoms with E-state index >= 15 is 0 Å². The molecule has 0 aliphatic rings. The first-order valence-electron chi connectivity index (χ1n) is 11.4. The minimum atomic E-state index is -1.03. The Morgan fingerprint density at radius 1 is 1.15 bits per heavy atom. The quantitative estimate of drug-likeness (QED) is 0.206. The highest BCUT2D eigenvalue weighted by Gasteiger charge is 2.27. The number of nitrogens with two attached hydrogens (primary N) is 1. The third-order valence-electron chi connectivity index (χ3n) is 5.46. The number of ether oxygens (including phenoxy) is 1. The van der Waals surface area contributed by atoms with Gasteiger partial charge in [-0.1, -0.05) is 18.2 Å². The highest BCUT2D eigenvalue weighted by atomic mass is 16.6. The number of nitro benzene ring substituents is 1. The Morgan fingerprint density at radius 2 is 1.76 bits per heavy atom. The Balaban J connectivity index is 2.70. The monoisotopic (exact) mass is 479 g/mol. The van der Waals surface area contributed by atoms with E-state index in [1.807, 2.05) is 0 Å². The van der Waals surface area contributed by atoms with E-state index in [-0.39, 0.29) is 36.4 Å². The van der Waals surface area contributed by atoms with E-state index in [1.54, 1.807) is 6.07 Å². The number of nitro groups is 1. The zero-order valence-electron chi connectivity index (χ0n) is 20.6. The first-order valence-corrected chi connectivity index (χ1v) is 11.4. The largest absolute Gasteiger partial charge is 0.469 e. The zero-order chi connectivity index (χ0) is 25.8. The molecule has 2 unspecified atom stereocenters. The van der Waals surface area contributed by atoms with Gasteiger partial charge < -0.3 is 21.1 Å². The summed E-state index contributed by atoms with van der Waals surface area (Å²) in [5, 5.41) is 16.8. The van der Waals surface area contributed by atoms with E-state index in [0.717, 1.165) is 0 Å². The maximum atomic E-state index is 12.6. The zero-order valence-corrected chi connectivity index (χ0v) is 20.6. The lowest BCUT2D eigenvalue weighted by Crippen LogP contribution is -2.44. The lowest BCUT2D eigenvalue weighted by atomic mass is 10.0. The number of rotatable bonds is 14. The lowest BCUT2D eigenvalue weighted by molar-refractivity contribution is -0.385. The van der Waals surface area contributed by atoms with Crippen LogP contribution in [0.25, 0.3) is 0 Å². The summed E-state index contributed by atoms with van der Waals surface area (Å²) in [5.74, 6) is -1.49. The first kappa shape index (κ1) is 29.0. The van der Waals surface area contributed by atoms with Crippen molar-refractivity contribution in [3.8, 4) is 0 Å². The Kier molecular flexibility index (Phi) is 12.2. The number of methoxy groups -OCH3 is 1. The van der Waals surface area contributed by atoms with Crippen molar-refractivity contribution in [1.82, 2.24) is 15.5 Å². The van der Waals surface area contributed by atoms with E-state index < -0.39 is 28.9 Å². The van der Waals surface area contributed by atoms with Gasteiger partial charge in [-0.15, -0.1) is 0 Å². The van der Waals surface area contributed by atoms with E-state index in [0.29, 0.717) is 25.2 Å². The number of benzene rings is 1. The number of nitrogens with zero attached hydrogens (tertiary/aromatic N) is 2. The number of para-hydroxylation sites is 1. The molecule has 11 heteroatoms. The molecule has 0 spiro atoms. The predicted octanol–water partition coefficient (Wildman–Crippen LogP) is 1.66. The second-order valence-electron chi connectivity index (χ2n) is 8.58. The van der Waals surface area contributed by atoms with Gasteiger partial charge in [0.1, 0.15) is 0 Å². The SMILES string of the molecule is COC(=O)CC(NC(=O)C(N)CCC(=O)NCCN(C(C)C)C(C)C)c1ccccc1[N+](=O)[O-]. The molecule has 190 valence electrons. The number of amides is 2. The van der Waals surface area contributed by atoms with Gasteiger partial charge in [-0.3, -0.25) is 29.4 Å². The van der Waals surface area contributed by atoms with Crippen LogP contribution in [-0.4, -0.2) is 65.9 Å². The van der Waals surface area contributed by atoms with Crippen molar-refractivity contribution in [3.63, 3.8) is 0 Å². The molecular formula is C23H37N5O6. The fourth-order valence-electron chi connectivity index (χ4n) is 3.66. The molecule has 11 nitrogen and oxygen atoms in total. The molecule has 0 saturated heterocycles. The van der Waals surface area contributed by atoms with Crippen LogP contribution in [0.4, 0.5) is 5.69 Å². The van der Waals surface area contributed by atoms with Crippen LogP contribution in [0.2, 0.25) is 0 Å². The van der Waals surface area contributed by atoms with Crippen LogP contribution in [-0.2, 0) is 19.1 Å². The standard InChI is InChI=1S/C23H37N5O6/c1-15(2)27(16(3)4)13-12-25-21(29)11-10-18(24)23(31)26-19(14-22(30)34-5)17-8-6-7-9-20(17)28(32)33/h6-9,15-16,18-19H,10-14,24H2,1-5H3,(H,25,29)(H,26,31). The van der Waals surface area contributed by atoms with Crippen LogP contribution in [0.3, 0.4) is 0 Å². The molecule has 0 aromatic heterocycles. The van der Waals surface area contributed by atoms with Crippen LogP contribution < -0.4 is 16.4 Å². The average molecular weight is 480 g/mol. The second kappa shape index (κ2) is 14.3. The minimum absolute atomic E-state index is 0.0467. The number of carbonyl (C=O) groups excluding carboxylic acids is 3. The van der Waals surface area contributed by atoms with Gasteiger partial charge in [0.15, 0.2) is 0 Å². The summed E-state index contributed by atoms with van der Waals surface area (Å²) in [7, 11) is 1.19. The first-order chi connectivity index (χ1) is 16.0. The summed E-state index contributed by atoms with van der Waals surface area (Å²) in [6.45, 7) is 9.57. The number of nitrogens with one attached hydrogen (secondary N) is 2. The topological polar surface area (TPSA) is 157 Å². The number of hydrogen-bond acceptors (Lipinski definition) is 8. The molecule has 2 amide bonds. The Bertz CT molecular complexity index is 837. The van der Waals surface area contributed by atoms with E-state index in [1.165, 1.54) is 25.3 Å². The van der Waals surface area contributed by atoms with Gasteiger partial charge in [0.05, 0.1) is 36.1 Å². The molecule has 0 radical (unpaired) electrons. The summed E-state index contributed by atoms with van der Waals surface area (Å²) in [6.07, 6.45) is -0.175. The fourth-order valence-corrected chi connectivity index (χ4v) is 3.66. The maximum Gasteiger partial charge on any atom is 0.307 e. The fraction of sp³-hybridized carbons (Fsp3) is 0.609. The molecule has 2 atom stereocenters. The van der Waals surface area contributed by atoms with E-state index in [2.05, 4.69) is 48.0 Å². The smallest absolute Gasteiger partial charge is 0.307 e. The third kappa shape index (κ3) is 9.44. The molecule has 0 fully saturated rings. The van der Waals surface area contributed by atoms with Crippen molar-refractivity contribution in [1.29, 1.82) is 0 Å². The van der Waals surface area contributed by atoms with E-state index in [9.17, 15) is 24.5 Å². The van der Waals surface area contributed by atoms with Gasteiger partial charge in [0.25, 0.3) is 5.69 Å². The molecule has 1 aromatic rings. The minimum Gasteiger partial charge on any atom is -0.469 e. The van der Waals surface area contributed by atoms with Crippen molar-refractivity contribution in [2.45, 2.75) is 71.1 Å². The molecule has 0 bridgehead atoms. The highest BCUT2D eigenvalue weighted by Crippen LogP contribution is 2.27. The van der Waals surface area contributed by atoms with Crippen LogP contribution in [0.1, 0.15) is 58.6 Å². The van der Waals surface area contributed by atoms with Gasteiger partial charge in [0, 0.05) is 37.7 Å². The molecule has 0 heterocycles. The summed E-state index contributed by atoms with van der Waals surface area (Å²) >= 11 is 0. The van der Waals surface area contributed by atoms with Gasteiger partial charge in [0.2, 0.25) is 11.8 Å². The molecule has 1 aromatic carbocycles. The van der Waals surface area contributed by atoms with Crippen molar-refractivity contribution < 1.29 is 24.0 Å². The molecule has 34 heavy (non-hydrogen) atoms. The van der Waals surface area contributed by atoms with E-state index in [4.69, 9.17) is 5.73 Å². The van der Waals surface area contributed by atoms with Gasteiger partial charge in [-0.2, -0.15) is 0 Å². The highest BCUT2D eigenvalue weighted by molar-refractivity contribution is 5.84. The normalized spacial score (nSPS) is 13.0. The summed E-state index contributed by atoms with van der Waals surface area (Å²) in [5.41, 5.74) is 5.89. The number of hydrogen-bond donors (Lipinski definition) is 3. The Hall–Kier alpha value is -3.05. The van der Waals surface area contributed by atoms with Crippen LogP contribution in [0, 0.1) is 10.1 Å². The summed E-state index contributed by atoms with van der Waals surface area (Å²) in [4.78, 5) is 49.7. The van der Waals surface area contributed by atoms with Gasteiger partial charge in [-0.05, 0) is 34.1 Å². The van der Waals surface area contributed by atoms with Gasteiger partial charge >= 0.3 is 5.97 Å². The average Bonchev–Trinajstić information content (AvgIpc) is 2.78. The molecule has 4 N–H and O–H groups in total. The molecule has 0 aliphatic carbocycles. The lowest BCUT2D eigenvalue weighted by Gasteiger charge is -2.30. The molecular weight excluding hydrogens is 442 g/mol.